The summed E-state index contributed by atoms with van der Waals surface area (Å²) in [5, 5.41) is 9.04. The minimum absolute atomic E-state index is 0.428. The number of alkyl halides is 1. The van der Waals surface area contributed by atoms with Crippen molar-refractivity contribution < 1.29 is 0 Å². The smallest absolute Gasteiger partial charge is 0.151 e. The maximum atomic E-state index is 4.10. The zero-order valence-corrected chi connectivity index (χ0v) is 9.74. The molecule has 0 amide bonds. The minimum Gasteiger partial charge on any atom is -0.355 e. The number of aromatic nitrogens is 2. The molecule has 0 aliphatic carbocycles. The van der Waals surface area contributed by atoms with Gasteiger partial charge in [-0.05, 0) is 26.0 Å². The van der Waals surface area contributed by atoms with E-state index in [1.807, 2.05) is 26.1 Å². The summed E-state index contributed by atoms with van der Waals surface area (Å²) < 4.78 is 0. The Bertz CT molecular complexity index is 260. The van der Waals surface area contributed by atoms with Gasteiger partial charge in [0.1, 0.15) is 0 Å². The first-order valence-electron chi connectivity index (χ1n) is 4.24. The number of nitrogens with zero attached hydrogens (tertiary/aromatic N) is 3. The Hall–Kier alpha value is -0.640. The van der Waals surface area contributed by atoms with Crippen molar-refractivity contribution >= 4 is 21.7 Å². The van der Waals surface area contributed by atoms with Gasteiger partial charge in [0.2, 0.25) is 0 Å². The highest BCUT2D eigenvalue weighted by Crippen LogP contribution is 2.11. The van der Waals surface area contributed by atoms with Gasteiger partial charge in [-0.25, -0.2) is 0 Å². The molecule has 0 N–H and O–H groups in total. The number of aryl methyl sites for hydroxylation is 1. The van der Waals surface area contributed by atoms with Crippen molar-refractivity contribution in [2.24, 2.45) is 0 Å². The number of hydrogen-bond donors (Lipinski definition) is 0. The molecule has 1 unspecified atom stereocenters. The van der Waals surface area contributed by atoms with Gasteiger partial charge in [-0.15, -0.1) is 5.10 Å². The topological polar surface area (TPSA) is 29.0 Å². The van der Waals surface area contributed by atoms with E-state index in [0.717, 1.165) is 16.8 Å². The summed E-state index contributed by atoms with van der Waals surface area (Å²) in [6.45, 7) is 4.07. The molecule has 1 aromatic heterocycles. The molecule has 4 heteroatoms. The van der Waals surface area contributed by atoms with Gasteiger partial charge in [0.15, 0.2) is 5.82 Å². The van der Waals surface area contributed by atoms with Crippen molar-refractivity contribution in [2.45, 2.75) is 19.9 Å². The van der Waals surface area contributed by atoms with E-state index in [-0.39, 0.29) is 0 Å². The molecular formula is C9H14BrN3. The van der Waals surface area contributed by atoms with E-state index in [0.29, 0.717) is 6.04 Å². The lowest BCUT2D eigenvalue weighted by molar-refractivity contribution is 0.744. The molecule has 0 radical (unpaired) electrons. The van der Waals surface area contributed by atoms with Crippen LogP contribution < -0.4 is 4.90 Å². The van der Waals surface area contributed by atoms with Crippen molar-refractivity contribution in [3.8, 4) is 0 Å². The van der Waals surface area contributed by atoms with Crippen LogP contribution in [0, 0.1) is 6.92 Å². The molecule has 13 heavy (non-hydrogen) atoms. The molecule has 0 fully saturated rings. The first-order chi connectivity index (χ1) is 6.15. The van der Waals surface area contributed by atoms with Crippen LogP contribution in [0.15, 0.2) is 12.1 Å². The average Bonchev–Trinajstić information content (AvgIpc) is 2.17. The van der Waals surface area contributed by atoms with E-state index in [1.54, 1.807) is 0 Å². The second-order valence-electron chi connectivity index (χ2n) is 3.15. The molecule has 0 spiro atoms. The molecule has 0 aromatic carbocycles. The van der Waals surface area contributed by atoms with Gasteiger partial charge in [-0.2, -0.15) is 5.10 Å². The highest BCUT2D eigenvalue weighted by Gasteiger charge is 2.09. The average molecular weight is 244 g/mol. The number of anilines is 1. The summed E-state index contributed by atoms with van der Waals surface area (Å²) in [4.78, 5) is 2.10. The normalized spacial score (nSPS) is 12.6. The second kappa shape index (κ2) is 4.56. The maximum Gasteiger partial charge on any atom is 0.151 e. The van der Waals surface area contributed by atoms with Gasteiger partial charge in [0.05, 0.1) is 5.69 Å². The van der Waals surface area contributed by atoms with Crippen LogP contribution in [0.2, 0.25) is 0 Å². The monoisotopic (exact) mass is 243 g/mol. The lowest BCUT2D eigenvalue weighted by atomic mass is 10.3. The first kappa shape index (κ1) is 10.4. The zero-order valence-electron chi connectivity index (χ0n) is 8.16. The van der Waals surface area contributed by atoms with Crippen molar-refractivity contribution in [1.82, 2.24) is 10.2 Å². The third-order valence-electron chi connectivity index (χ3n) is 2.03. The summed E-state index contributed by atoms with van der Waals surface area (Å²) in [7, 11) is 2.02. The van der Waals surface area contributed by atoms with Crippen molar-refractivity contribution in [2.75, 3.05) is 17.3 Å². The Labute approximate surface area is 87.3 Å². The summed E-state index contributed by atoms with van der Waals surface area (Å²) in [6.07, 6.45) is 0. The van der Waals surface area contributed by atoms with E-state index >= 15 is 0 Å². The molecule has 0 aliphatic heterocycles. The lowest BCUT2D eigenvalue weighted by Gasteiger charge is -2.23. The Morgan fingerprint density at radius 1 is 1.46 bits per heavy atom. The number of hydrogen-bond acceptors (Lipinski definition) is 3. The molecule has 0 bridgehead atoms. The summed E-state index contributed by atoms with van der Waals surface area (Å²) in [6, 6.07) is 4.39. The van der Waals surface area contributed by atoms with Crippen LogP contribution in [0.5, 0.6) is 0 Å². The molecule has 3 nitrogen and oxygen atoms in total. The highest BCUT2D eigenvalue weighted by atomic mass is 79.9. The predicted molar refractivity (Wildman–Crippen MR) is 58.4 cm³/mol. The molecule has 0 aliphatic rings. The fraction of sp³-hybridized carbons (Fsp3) is 0.556. The van der Waals surface area contributed by atoms with Gasteiger partial charge in [0.25, 0.3) is 0 Å². The Kier molecular flexibility index (Phi) is 3.66. The molecule has 1 rings (SSSR count). The van der Waals surface area contributed by atoms with Gasteiger partial charge < -0.3 is 4.90 Å². The molecule has 72 valence electrons. The van der Waals surface area contributed by atoms with Crippen molar-refractivity contribution in [3.63, 3.8) is 0 Å². The van der Waals surface area contributed by atoms with Crippen molar-refractivity contribution in [3.05, 3.63) is 17.8 Å². The van der Waals surface area contributed by atoms with Crippen LogP contribution in [-0.4, -0.2) is 28.6 Å². The van der Waals surface area contributed by atoms with E-state index < -0.39 is 0 Å². The van der Waals surface area contributed by atoms with Crippen LogP contribution in [0.3, 0.4) is 0 Å². The molecule has 0 saturated heterocycles. The van der Waals surface area contributed by atoms with E-state index in [9.17, 15) is 0 Å². The highest BCUT2D eigenvalue weighted by molar-refractivity contribution is 9.09. The molecular weight excluding hydrogens is 230 g/mol. The first-order valence-corrected chi connectivity index (χ1v) is 5.36. The predicted octanol–water partition coefficient (Wildman–Crippen LogP) is 2.00. The Morgan fingerprint density at radius 2 is 2.15 bits per heavy atom. The van der Waals surface area contributed by atoms with Gasteiger partial charge in [0, 0.05) is 18.4 Å². The molecule has 1 aromatic rings. The Morgan fingerprint density at radius 3 is 2.62 bits per heavy atom. The van der Waals surface area contributed by atoms with Gasteiger partial charge in [-0.3, -0.25) is 0 Å². The van der Waals surface area contributed by atoms with Crippen LogP contribution >= 0.6 is 15.9 Å². The maximum absolute atomic E-state index is 4.10. The summed E-state index contributed by atoms with van der Waals surface area (Å²) >= 11 is 3.44. The number of rotatable bonds is 3. The minimum atomic E-state index is 0.428. The fourth-order valence-corrected chi connectivity index (χ4v) is 1.34. The zero-order chi connectivity index (χ0) is 9.84. The molecule has 1 atom stereocenters. The van der Waals surface area contributed by atoms with E-state index in [1.165, 1.54) is 0 Å². The molecule has 1 heterocycles. The summed E-state index contributed by atoms with van der Waals surface area (Å²) in [5.41, 5.74) is 0.948. The standard InChI is InChI=1S/C9H14BrN3/c1-7-4-5-9(12-11-7)13(3)8(2)6-10/h4-5,8H,6H2,1-3H3. The third-order valence-corrected chi connectivity index (χ3v) is 2.97. The lowest BCUT2D eigenvalue weighted by Crippen LogP contribution is -2.30. The fourth-order valence-electron chi connectivity index (χ4n) is 0.909. The second-order valence-corrected chi connectivity index (χ2v) is 3.79. The van der Waals surface area contributed by atoms with E-state index in [4.69, 9.17) is 0 Å². The van der Waals surface area contributed by atoms with Gasteiger partial charge >= 0.3 is 0 Å². The van der Waals surface area contributed by atoms with E-state index in [2.05, 4.69) is 38.0 Å². The van der Waals surface area contributed by atoms with Crippen LogP contribution in [0.4, 0.5) is 5.82 Å². The quantitative estimate of drug-likeness (QED) is 0.761. The third kappa shape index (κ3) is 2.66. The van der Waals surface area contributed by atoms with Crippen LogP contribution in [-0.2, 0) is 0 Å². The Balaban J connectivity index is 2.77. The number of halogens is 1. The molecule has 0 saturated carbocycles. The SMILES string of the molecule is Cc1ccc(N(C)C(C)CBr)nn1. The summed E-state index contributed by atoms with van der Waals surface area (Å²) in [5.74, 6) is 0.914. The van der Waals surface area contributed by atoms with Crippen LogP contribution in [0.25, 0.3) is 0 Å². The largest absolute Gasteiger partial charge is 0.355 e. The van der Waals surface area contributed by atoms with Crippen molar-refractivity contribution in [1.29, 1.82) is 0 Å². The van der Waals surface area contributed by atoms with Gasteiger partial charge in [-0.1, -0.05) is 15.9 Å². The van der Waals surface area contributed by atoms with Crippen LogP contribution in [0.1, 0.15) is 12.6 Å².